The van der Waals surface area contributed by atoms with E-state index < -0.39 is 33.9 Å². The fourth-order valence-corrected chi connectivity index (χ4v) is 5.89. The highest BCUT2D eigenvalue weighted by Gasteiger charge is 2.50. The molecule has 2 atom stereocenters. The molecule has 3 aromatic carbocycles. The van der Waals surface area contributed by atoms with Gasteiger partial charge in [-0.2, -0.15) is 0 Å². The number of fused-ring (bicyclic) bond motifs is 1. The van der Waals surface area contributed by atoms with Crippen molar-refractivity contribution < 1.29 is 22.7 Å². The molecule has 6 nitrogen and oxygen atoms in total. The zero-order chi connectivity index (χ0) is 23.8. The fourth-order valence-electron chi connectivity index (χ4n) is 4.33. The van der Waals surface area contributed by atoms with E-state index in [-0.39, 0.29) is 17.1 Å². The maximum absolute atomic E-state index is 13.9. The summed E-state index contributed by atoms with van der Waals surface area (Å²) in [5.41, 5.74) is 2.72. The Bertz CT molecular complexity index is 1300. The van der Waals surface area contributed by atoms with E-state index in [1.54, 1.807) is 74.5 Å². The average molecular weight is 464 g/mol. The third kappa shape index (κ3) is 3.93. The highest BCUT2D eigenvalue weighted by molar-refractivity contribution is 7.89. The van der Waals surface area contributed by atoms with Gasteiger partial charge in [0.05, 0.1) is 17.5 Å². The van der Waals surface area contributed by atoms with E-state index in [2.05, 4.69) is 0 Å². The number of hydrogen-bond acceptors (Lipinski definition) is 5. The third-order valence-corrected chi connectivity index (χ3v) is 7.66. The lowest BCUT2D eigenvalue weighted by molar-refractivity contribution is -0.146. The van der Waals surface area contributed by atoms with Gasteiger partial charge >= 0.3 is 5.97 Å². The molecule has 0 aromatic heterocycles. The van der Waals surface area contributed by atoms with Crippen LogP contribution in [0.15, 0.2) is 77.7 Å². The second kappa shape index (κ2) is 8.83. The summed E-state index contributed by atoms with van der Waals surface area (Å²) in [5, 5.41) is 0. The second-order valence-corrected chi connectivity index (χ2v) is 9.86. The van der Waals surface area contributed by atoms with Crippen LogP contribution in [0.25, 0.3) is 0 Å². The van der Waals surface area contributed by atoms with Crippen LogP contribution in [0, 0.1) is 13.8 Å². The summed E-state index contributed by atoms with van der Waals surface area (Å²) in [5.74, 6) is -2.23. The van der Waals surface area contributed by atoms with Gasteiger partial charge in [-0.05, 0) is 49.6 Å². The average Bonchev–Trinajstić information content (AvgIpc) is 2.79. The molecular weight excluding hydrogens is 438 g/mol. The number of rotatable bonds is 5. The quantitative estimate of drug-likeness (QED) is 0.519. The van der Waals surface area contributed by atoms with Gasteiger partial charge in [-0.25, -0.2) is 12.7 Å². The number of benzene rings is 3. The normalized spacial score (nSPS) is 18.0. The Balaban J connectivity index is 2.03. The summed E-state index contributed by atoms with van der Waals surface area (Å²) >= 11 is 0. The lowest BCUT2D eigenvalue weighted by Gasteiger charge is -2.40. The van der Waals surface area contributed by atoms with Gasteiger partial charge in [0.15, 0.2) is 0 Å². The number of esters is 1. The van der Waals surface area contributed by atoms with Gasteiger partial charge in [-0.1, -0.05) is 66.2 Å². The van der Waals surface area contributed by atoms with Gasteiger partial charge < -0.3 is 4.74 Å². The molecule has 7 heteroatoms. The molecule has 1 heterocycles. The molecule has 0 spiro atoms. The summed E-state index contributed by atoms with van der Waals surface area (Å²) < 4.78 is 34.0. The van der Waals surface area contributed by atoms with Crippen LogP contribution in [0.4, 0.5) is 0 Å². The Kier molecular flexibility index (Phi) is 6.08. The van der Waals surface area contributed by atoms with Crippen LogP contribution in [0.5, 0.6) is 0 Å². The second-order valence-electron chi connectivity index (χ2n) is 8.04. The van der Waals surface area contributed by atoms with Gasteiger partial charge in [0.25, 0.3) is 15.9 Å². The van der Waals surface area contributed by atoms with E-state index in [1.807, 2.05) is 6.92 Å². The first-order valence-electron chi connectivity index (χ1n) is 10.7. The third-order valence-electron chi connectivity index (χ3n) is 5.88. The molecule has 3 aromatic rings. The number of carbonyl (C=O) groups excluding carboxylic acids is 2. The molecule has 0 saturated carbocycles. The molecule has 1 amide bonds. The topological polar surface area (TPSA) is 80.8 Å². The van der Waals surface area contributed by atoms with Crippen molar-refractivity contribution in [3.05, 3.63) is 101 Å². The Hall–Kier alpha value is -3.45. The minimum Gasteiger partial charge on any atom is -0.465 e. The van der Waals surface area contributed by atoms with Crippen molar-refractivity contribution in [1.82, 2.24) is 4.31 Å². The van der Waals surface area contributed by atoms with Crippen LogP contribution in [0.3, 0.4) is 0 Å². The van der Waals surface area contributed by atoms with Gasteiger partial charge in [0.2, 0.25) is 0 Å². The number of hydrogen-bond donors (Lipinski definition) is 0. The summed E-state index contributed by atoms with van der Waals surface area (Å²) in [6.45, 7) is 5.42. The lowest BCUT2D eigenvalue weighted by atomic mass is 9.80. The zero-order valence-electron chi connectivity index (χ0n) is 18.7. The van der Waals surface area contributed by atoms with Crippen molar-refractivity contribution >= 4 is 21.9 Å². The smallest absolute Gasteiger partial charge is 0.315 e. The van der Waals surface area contributed by atoms with Crippen molar-refractivity contribution in [1.29, 1.82) is 0 Å². The molecule has 0 N–H and O–H groups in total. The van der Waals surface area contributed by atoms with Gasteiger partial charge in [-0.3, -0.25) is 9.59 Å². The number of carbonyl (C=O) groups is 2. The number of sulfonamides is 1. The van der Waals surface area contributed by atoms with Crippen molar-refractivity contribution in [3.63, 3.8) is 0 Å². The number of aryl methyl sites for hydroxylation is 2. The molecule has 1 aliphatic heterocycles. The van der Waals surface area contributed by atoms with Crippen LogP contribution >= 0.6 is 0 Å². The van der Waals surface area contributed by atoms with Crippen molar-refractivity contribution in [2.24, 2.45) is 0 Å². The van der Waals surface area contributed by atoms with Crippen LogP contribution in [-0.2, 0) is 19.6 Å². The predicted octanol–water partition coefficient (Wildman–Crippen LogP) is 4.54. The lowest BCUT2D eigenvalue weighted by Crippen LogP contribution is -2.48. The van der Waals surface area contributed by atoms with Gasteiger partial charge in [-0.15, -0.1) is 0 Å². The molecule has 0 aliphatic carbocycles. The maximum atomic E-state index is 13.9. The van der Waals surface area contributed by atoms with Crippen molar-refractivity contribution in [2.75, 3.05) is 6.61 Å². The highest BCUT2D eigenvalue weighted by atomic mass is 32.2. The van der Waals surface area contributed by atoms with E-state index >= 15 is 0 Å². The number of ether oxygens (including phenoxy) is 1. The fraction of sp³-hybridized carbons (Fsp3) is 0.231. The molecule has 170 valence electrons. The van der Waals surface area contributed by atoms with Crippen molar-refractivity contribution in [2.45, 2.75) is 37.6 Å². The van der Waals surface area contributed by atoms with Crippen LogP contribution < -0.4 is 0 Å². The zero-order valence-corrected chi connectivity index (χ0v) is 19.5. The molecule has 33 heavy (non-hydrogen) atoms. The summed E-state index contributed by atoms with van der Waals surface area (Å²) in [6, 6.07) is 19.2. The van der Waals surface area contributed by atoms with E-state index in [9.17, 15) is 18.0 Å². The van der Waals surface area contributed by atoms with E-state index in [0.29, 0.717) is 16.7 Å². The standard InChI is InChI=1S/C26H25NO5S/c1-4-32-26(29)23-21-12-8-9-18(3)22(21)25(28)27(24(23)19-10-6-5-7-11-19)33(30,31)20-15-13-17(2)14-16-20/h5-16,23-24H,4H2,1-3H3. The molecule has 1 aliphatic rings. The maximum Gasteiger partial charge on any atom is 0.315 e. The molecule has 0 fully saturated rings. The van der Waals surface area contributed by atoms with Crippen LogP contribution in [0.2, 0.25) is 0 Å². The molecule has 0 radical (unpaired) electrons. The minimum absolute atomic E-state index is 0.0120. The van der Waals surface area contributed by atoms with Crippen LogP contribution in [0.1, 0.15) is 51.5 Å². The monoisotopic (exact) mass is 463 g/mol. The van der Waals surface area contributed by atoms with Crippen molar-refractivity contribution in [3.8, 4) is 0 Å². The first-order valence-corrected chi connectivity index (χ1v) is 12.2. The Labute approximate surface area is 193 Å². The largest absolute Gasteiger partial charge is 0.465 e. The van der Waals surface area contributed by atoms with Gasteiger partial charge in [0, 0.05) is 5.56 Å². The Morgan fingerprint density at radius 1 is 0.939 bits per heavy atom. The molecule has 4 rings (SSSR count). The SMILES string of the molecule is CCOC(=O)C1c2cccc(C)c2C(=O)N(S(=O)(=O)c2ccc(C)cc2)C1c1ccccc1. The minimum atomic E-state index is -4.29. The van der Waals surface area contributed by atoms with E-state index in [4.69, 9.17) is 4.74 Å². The first kappa shape index (κ1) is 22.7. The van der Waals surface area contributed by atoms with E-state index in [0.717, 1.165) is 9.87 Å². The summed E-state index contributed by atoms with van der Waals surface area (Å²) in [6.07, 6.45) is 0. The number of nitrogens with zero attached hydrogens (tertiary/aromatic N) is 1. The number of amides is 1. The van der Waals surface area contributed by atoms with E-state index in [1.165, 1.54) is 12.1 Å². The van der Waals surface area contributed by atoms with Gasteiger partial charge in [0.1, 0.15) is 5.92 Å². The van der Waals surface area contributed by atoms with Crippen LogP contribution in [-0.4, -0.2) is 31.2 Å². The Morgan fingerprint density at radius 3 is 2.24 bits per heavy atom. The molecule has 0 bridgehead atoms. The summed E-state index contributed by atoms with van der Waals surface area (Å²) in [7, 11) is -4.29. The predicted molar refractivity (Wildman–Crippen MR) is 124 cm³/mol. The molecule has 2 unspecified atom stereocenters. The molecule has 0 saturated heterocycles. The highest BCUT2D eigenvalue weighted by Crippen LogP contribution is 2.46. The Morgan fingerprint density at radius 2 is 1.61 bits per heavy atom. The first-order chi connectivity index (χ1) is 15.8. The molecular formula is C26H25NO5S. The summed E-state index contributed by atoms with van der Waals surface area (Å²) in [4.78, 5) is 27.1.